The van der Waals surface area contributed by atoms with Gasteiger partial charge in [0.25, 0.3) is 5.91 Å². The van der Waals surface area contributed by atoms with E-state index in [1.165, 1.54) is 6.92 Å². The van der Waals surface area contributed by atoms with Crippen molar-refractivity contribution in [2.24, 2.45) is 11.3 Å². The van der Waals surface area contributed by atoms with E-state index in [-0.39, 0.29) is 23.7 Å². The van der Waals surface area contributed by atoms with Crippen molar-refractivity contribution in [3.8, 4) is 0 Å². The molecule has 0 bridgehead atoms. The molecule has 2 fully saturated rings. The summed E-state index contributed by atoms with van der Waals surface area (Å²) in [6.07, 6.45) is 2.91. The molecule has 0 N–H and O–H groups in total. The highest BCUT2D eigenvalue weighted by atomic mass is 16.5. The van der Waals surface area contributed by atoms with E-state index in [1.807, 2.05) is 0 Å². The minimum Gasteiger partial charge on any atom is -0.466 e. The first-order valence-electron chi connectivity index (χ1n) is 9.11. The second-order valence-electron chi connectivity index (χ2n) is 7.04. The van der Waals surface area contributed by atoms with Gasteiger partial charge < -0.3 is 14.5 Å². The maximum Gasteiger partial charge on any atom is 0.314 e. The summed E-state index contributed by atoms with van der Waals surface area (Å²) in [7, 11) is 0. The lowest BCUT2D eigenvalue weighted by atomic mass is 9.75. The molecule has 140 valence electrons. The van der Waals surface area contributed by atoms with Crippen LogP contribution in [-0.4, -0.2) is 65.4 Å². The lowest BCUT2D eigenvalue weighted by molar-refractivity contribution is -0.157. The summed E-state index contributed by atoms with van der Waals surface area (Å²) >= 11 is 0. The van der Waals surface area contributed by atoms with Gasteiger partial charge in [-0.05, 0) is 31.9 Å². The number of fused-ring (bicyclic) bond motifs is 1. The third-order valence-corrected chi connectivity index (χ3v) is 5.49. The predicted octanol–water partition coefficient (Wildman–Crippen LogP) is 1.35. The van der Waals surface area contributed by atoms with Gasteiger partial charge in [-0.25, -0.2) is 0 Å². The van der Waals surface area contributed by atoms with E-state index in [2.05, 4.69) is 4.98 Å². The predicted molar refractivity (Wildman–Crippen MR) is 94.2 cm³/mol. The number of likely N-dealkylation sites (tertiary alicyclic amines) is 2. The van der Waals surface area contributed by atoms with Gasteiger partial charge in [0.15, 0.2) is 0 Å². The van der Waals surface area contributed by atoms with Gasteiger partial charge in [0, 0.05) is 45.2 Å². The van der Waals surface area contributed by atoms with Crippen molar-refractivity contribution < 1.29 is 19.1 Å². The Morgan fingerprint density at radius 2 is 2.04 bits per heavy atom. The Hall–Kier alpha value is -2.44. The number of ether oxygens (including phenoxy) is 1. The van der Waals surface area contributed by atoms with Crippen LogP contribution in [0.1, 0.15) is 37.2 Å². The van der Waals surface area contributed by atoms with Gasteiger partial charge in [-0.3, -0.25) is 19.4 Å². The second kappa shape index (κ2) is 7.43. The largest absolute Gasteiger partial charge is 0.466 e. The zero-order valence-electron chi connectivity index (χ0n) is 15.3. The lowest BCUT2D eigenvalue weighted by Crippen LogP contribution is -2.43. The van der Waals surface area contributed by atoms with Crippen LogP contribution in [0, 0.1) is 11.3 Å². The Morgan fingerprint density at radius 1 is 1.27 bits per heavy atom. The number of hydrogen-bond acceptors (Lipinski definition) is 5. The summed E-state index contributed by atoms with van der Waals surface area (Å²) in [5.41, 5.74) is -0.321. The Labute approximate surface area is 153 Å². The molecule has 2 saturated heterocycles. The molecule has 2 amide bonds. The van der Waals surface area contributed by atoms with Crippen molar-refractivity contribution in [3.05, 3.63) is 30.1 Å². The van der Waals surface area contributed by atoms with Crippen molar-refractivity contribution in [1.82, 2.24) is 14.8 Å². The first-order valence-corrected chi connectivity index (χ1v) is 9.11. The van der Waals surface area contributed by atoms with Crippen LogP contribution in [0.25, 0.3) is 0 Å². The first-order chi connectivity index (χ1) is 12.5. The van der Waals surface area contributed by atoms with Crippen LogP contribution in [0.2, 0.25) is 0 Å². The van der Waals surface area contributed by atoms with Gasteiger partial charge in [-0.1, -0.05) is 6.07 Å². The van der Waals surface area contributed by atoms with Gasteiger partial charge >= 0.3 is 5.97 Å². The highest BCUT2D eigenvalue weighted by Gasteiger charge is 2.55. The number of amides is 2. The summed E-state index contributed by atoms with van der Waals surface area (Å²) in [5, 5.41) is 0. The molecular formula is C19H25N3O4. The van der Waals surface area contributed by atoms with Gasteiger partial charge in [0.2, 0.25) is 5.91 Å². The topological polar surface area (TPSA) is 79.8 Å². The molecule has 7 nitrogen and oxygen atoms in total. The van der Waals surface area contributed by atoms with Gasteiger partial charge in [-0.2, -0.15) is 0 Å². The first kappa shape index (κ1) is 18.4. The molecule has 7 heteroatoms. The summed E-state index contributed by atoms with van der Waals surface area (Å²) in [6, 6.07) is 5.25. The van der Waals surface area contributed by atoms with Crippen LogP contribution >= 0.6 is 0 Å². The van der Waals surface area contributed by atoms with Gasteiger partial charge in [0.05, 0.1) is 12.0 Å². The number of rotatable bonds is 3. The van der Waals surface area contributed by atoms with Gasteiger partial charge in [0.1, 0.15) is 5.69 Å². The van der Waals surface area contributed by atoms with Gasteiger partial charge in [-0.15, -0.1) is 0 Å². The smallest absolute Gasteiger partial charge is 0.314 e. The van der Waals surface area contributed by atoms with E-state index >= 15 is 0 Å². The molecule has 0 saturated carbocycles. The molecule has 1 aromatic rings. The molecule has 0 spiro atoms. The van der Waals surface area contributed by atoms with Crippen LogP contribution in [0.5, 0.6) is 0 Å². The van der Waals surface area contributed by atoms with E-state index < -0.39 is 5.41 Å². The Morgan fingerprint density at radius 3 is 2.69 bits per heavy atom. The lowest BCUT2D eigenvalue weighted by Gasteiger charge is -2.31. The molecule has 0 unspecified atom stereocenters. The maximum atomic E-state index is 12.8. The van der Waals surface area contributed by atoms with Crippen molar-refractivity contribution in [1.29, 1.82) is 0 Å². The fraction of sp³-hybridized carbons (Fsp3) is 0.579. The Kier molecular flexibility index (Phi) is 5.25. The van der Waals surface area contributed by atoms with Crippen molar-refractivity contribution >= 4 is 17.8 Å². The van der Waals surface area contributed by atoms with E-state index in [4.69, 9.17) is 4.74 Å². The number of carbonyl (C=O) groups is 3. The van der Waals surface area contributed by atoms with E-state index in [1.54, 1.807) is 41.1 Å². The zero-order chi connectivity index (χ0) is 18.7. The second-order valence-corrected chi connectivity index (χ2v) is 7.04. The molecule has 0 aliphatic carbocycles. The minimum atomic E-state index is -0.721. The summed E-state index contributed by atoms with van der Waals surface area (Å²) < 4.78 is 5.36. The van der Waals surface area contributed by atoms with E-state index in [9.17, 15) is 14.4 Å². The number of pyridine rings is 1. The normalized spacial score (nSPS) is 25.4. The molecule has 0 aromatic carbocycles. The average molecular weight is 359 g/mol. The number of esters is 1. The third-order valence-electron chi connectivity index (χ3n) is 5.49. The van der Waals surface area contributed by atoms with E-state index in [0.717, 1.165) is 0 Å². The Bertz CT molecular complexity index is 693. The van der Waals surface area contributed by atoms with Crippen LogP contribution in [0.4, 0.5) is 0 Å². The van der Waals surface area contributed by atoms with Crippen LogP contribution in [0.15, 0.2) is 24.4 Å². The summed E-state index contributed by atoms with van der Waals surface area (Å²) in [6.45, 7) is 5.46. The van der Waals surface area contributed by atoms with Crippen LogP contribution in [-0.2, 0) is 14.3 Å². The zero-order valence-corrected chi connectivity index (χ0v) is 15.3. The minimum absolute atomic E-state index is 0.0515. The molecule has 2 atom stereocenters. The summed E-state index contributed by atoms with van der Waals surface area (Å²) in [4.78, 5) is 45.1. The number of aromatic nitrogens is 1. The van der Waals surface area contributed by atoms with Crippen LogP contribution < -0.4 is 0 Å². The maximum absolute atomic E-state index is 12.8. The average Bonchev–Trinajstić information content (AvgIpc) is 2.91. The van der Waals surface area contributed by atoms with Crippen molar-refractivity contribution in [2.45, 2.75) is 26.7 Å². The molecule has 3 rings (SSSR count). The SMILES string of the molecule is CCOC(=O)[C@@]12CCCN(C(=O)c3ccccn3)C[C@@H]1CN(C(C)=O)C2. The number of nitrogens with zero attached hydrogens (tertiary/aromatic N) is 3. The Balaban J connectivity index is 1.86. The summed E-state index contributed by atoms with van der Waals surface area (Å²) in [5.74, 6) is -0.558. The molecule has 2 aliphatic rings. The third kappa shape index (κ3) is 3.30. The molecular weight excluding hydrogens is 334 g/mol. The number of hydrogen-bond donors (Lipinski definition) is 0. The molecule has 3 heterocycles. The highest BCUT2D eigenvalue weighted by Crippen LogP contribution is 2.44. The van der Waals surface area contributed by atoms with E-state index in [0.29, 0.717) is 51.3 Å². The molecule has 2 aliphatic heterocycles. The van der Waals surface area contributed by atoms with Crippen LogP contribution in [0.3, 0.4) is 0 Å². The van der Waals surface area contributed by atoms with Crippen molar-refractivity contribution in [2.75, 3.05) is 32.8 Å². The quantitative estimate of drug-likeness (QED) is 0.761. The fourth-order valence-corrected chi connectivity index (χ4v) is 4.12. The monoisotopic (exact) mass is 359 g/mol. The standard InChI is InChI=1S/C19H25N3O4/c1-3-26-18(25)19-8-6-10-21(17(24)16-7-4-5-9-20-16)11-15(19)12-22(13-19)14(2)23/h4-5,7,9,15H,3,6,8,10-13H2,1-2H3/t15-,19-/m1/s1. The number of carbonyl (C=O) groups excluding carboxylic acids is 3. The molecule has 1 aromatic heterocycles. The molecule has 0 radical (unpaired) electrons. The fourth-order valence-electron chi connectivity index (χ4n) is 4.12. The highest BCUT2D eigenvalue weighted by molar-refractivity contribution is 5.92. The molecule has 26 heavy (non-hydrogen) atoms. The van der Waals surface area contributed by atoms with Crippen molar-refractivity contribution in [3.63, 3.8) is 0 Å².